The van der Waals surface area contributed by atoms with Gasteiger partial charge in [-0.3, -0.25) is 4.79 Å². The summed E-state index contributed by atoms with van der Waals surface area (Å²) >= 11 is 18.9. The molecule has 1 aliphatic heterocycles. The van der Waals surface area contributed by atoms with E-state index in [0.29, 0.717) is 44.4 Å². The van der Waals surface area contributed by atoms with Crippen LogP contribution in [0, 0.1) is 0 Å². The van der Waals surface area contributed by atoms with E-state index in [1.54, 1.807) is 22.9 Å². The van der Waals surface area contributed by atoms with E-state index < -0.39 is 6.04 Å². The van der Waals surface area contributed by atoms with Crippen LogP contribution < -0.4 is 5.32 Å². The second-order valence-corrected chi connectivity index (χ2v) is 8.30. The highest BCUT2D eigenvalue weighted by Gasteiger charge is 2.37. The van der Waals surface area contributed by atoms with Crippen molar-refractivity contribution >= 4 is 46.5 Å². The van der Waals surface area contributed by atoms with Gasteiger partial charge in [0.2, 0.25) is 5.95 Å². The molecule has 1 unspecified atom stereocenters. The minimum Gasteiger partial charge on any atom is -0.328 e. The van der Waals surface area contributed by atoms with Crippen LogP contribution in [0.4, 0.5) is 5.95 Å². The first-order valence-corrected chi connectivity index (χ1v) is 10.4. The number of halogens is 3. The molecule has 5 rings (SSSR count). The predicted molar refractivity (Wildman–Crippen MR) is 115 cm³/mol. The lowest BCUT2D eigenvalue weighted by atomic mass is 9.85. The number of ketones is 1. The van der Waals surface area contributed by atoms with Crippen LogP contribution in [0.3, 0.4) is 0 Å². The summed E-state index contributed by atoms with van der Waals surface area (Å²) in [5.41, 5.74) is 3.08. The van der Waals surface area contributed by atoms with Crippen molar-refractivity contribution in [1.29, 1.82) is 0 Å². The Morgan fingerprint density at radius 3 is 2.66 bits per heavy atom. The Morgan fingerprint density at radius 1 is 1.03 bits per heavy atom. The molecule has 0 fully saturated rings. The maximum atomic E-state index is 12.9. The molecule has 0 spiro atoms. The van der Waals surface area contributed by atoms with Crippen molar-refractivity contribution in [2.45, 2.75) is 25.3 Å². The minimum absolute atomic E-state index is 0.107. The zero-order valence-electron chi connectivity index (χ0n) is 15.1. The fourth-order valence-electron chi connectivity index (χ4n) is 3.93. The summed E-state index contributed by atoms with van der Waals surface area (Å²) < 4.78 is 1.73. The van der Waals surface area contributed by atoms with Gasteiger partial charge in [0.1, 0.15) is 6.04 Å². The van der Waals surface area contributed by atoms with Crippen LogP contribution in [-0.2, 0) is 4.79 Å². The van der Waals surface area contributed by atoms with Crippen LogP contribution >= 0.6 is 34.8 Å². The molecular formula is C21H15Cl3N4O. The van der Waals surface area contributed by atoms with Gasteiger partial charge in [-0.15, -0.1) is 5.10 Å². The van der Waals surface area contributed by atoms with E-state index in [9.17, 15) is 4.79 Å². The number of nitrogens with zero attached hydrogens (tertiary/aromatic N) is 3. The molecule has 1 aliphatic carbocycles. The zero-order valence-corrected chi connectivity index (χ0v) is 17.4. The second kappa shape index (κ2) is 7.17. The molecule has 1 N–H and O–H groups in total. The lowest BCUT2D eigenvalue weighted by molar-refractivity contribution is -0.116. The number of rotatable bonds is 2. The molecule has 5 nitrogen and oxygen atoms in total. The van der Waals surface area contributed by atoms with Gasteiger partial charge < -0.3 is 5.32 Å². The van der Waals surface area contributed by atoms with Crippen LogP contribution in [-0.4, -0.2) is 20.5 Å². The third-order valence-electron chi connectivity index (χ3n) is 5.24. The zero-order chi connectivity index (χ0) is 20.1. The summed E-state index contributed by atoms with van der Waals surface area (Å²) in [5, 5.41) is 9.59. The molecule has 2 aromatic carbocycles. The molecule has 29 heavy (non-hydrogen) atoms. The van der Waals surface area contributed by atoms with Crippen molar-refractivity contribution in [3.05, 3.63) is 74.4 Å². The van der Waals surface area contributed by atoms with Crippen molar-refractivity contribution < 1.29 is 4.79 Å². The molecule has 0 radical (unpaired) electrons. The van der Waals surface area contributed by atoms with Crippen LogP contribution in [0.5, 0.6) is 0 Å². The van der Waals surface area contributed by atoms with Gasteiger partial charge in [0.05, 0.1) is 5.02 Å². The Hall–Kier alpha value is -2.34. The molecule has 1 atom stereocenters. The van der Waals surface area contributed by atoms with Crippen molar-refractivity contribution in [2.24, 2.45) is 0 Å². The first-order valence-electron chi connectivity index (χ1n) is 9.22. The number of carbonyl (C=O) groups is 1. The largest absolute Gasteiger partial charge is 0.328 e. The average Bonchev–Trinajstić information content (AvgIpc) is 3.10. The average molecular weight is 446 g/mol. The summed E-state index contributed by atoms with van der Waals surface area (Å²) in [6, 6.07) is 12.3. The first-order chi connectivity index (χ1) is 14.0. The quantitative estimate of drug-likeness (QED) is 0.531. The molecule has 0 bridgehead atoms. The number of aromatic nitrogens is 3. The van der Waals surface area contributed by atoms with Crippen LogP contribution in [0.1, 0.15) is 30.9 Å². The van der Waals surface area contributed by atoms with E-state index in [4.69, 9.17) is 39.9 Å². The molecular weight excluding hydrogens is 431 g/mol. The maximum absolute atomic E-state index is 12.9. The number of nitrogens with one attached hydrogen (secondary N) is 1. The van der Waals surface area contributed by atoms with E-state index in [-0.39, 0.29) is 5.78 Å². The van der Waals surface area contributed by atoms with Crippen molar-refractivity contribution in [3.8, 4) is 11.4 Å². The standard InChI is InChI=1S/C21H15Cl3N4O/c22-11-8-9-13(15(24)10-11)20-26-21-25-16-6-3-7-17(29)18(16)19(28(21)27-20)12-4-1-2-5-14(12)23/h1-2,4-5,8-10,19H,3,6-7H2,(H,25,26,27). The van der Waals surface area contributed by atoms with E-state index in [1.807, 2.05) is 24.3 Å². The van der Waals surface area contributed by atoms with Crippen LogP contribution in [0.2, 0.25) is 15.1 Å². The molecule has 0 saturated heterocycles. The molecule has 0 amide bonds. The Labute approximate surface area is 182 Å². The van der Waals surface area contributed by atoms with Gasteiger partial charge in [0.25, 0.3) is 0 Å². The Balaban J connectivity index is 1.71. The van der Waals surface area contributed by atoms with E-state index in [0.717, 1.165) is 24.1 Å². The Kier molecular flexibility index (Phi) is 4.62. The number of fused-ring (bicyclic) bond motifs is 1. The minimum atomic E-state index is -0.435. The Morgan fingerprint density at radius 2 is 1.86 bits per heavy atom. The summed E-state index contributed by atoms with van der Waals surface area (Å²) in [5.74, 6) is 1.12. The van der Waals surface area contributed by atoms with Crippen molar-refractivity contribution in [3.63, 3.8) is 0 Å². The number of allylic oxidation sites excluding steroid dienone is 2. The molecule has 3 aromatic rings. The molecule has 2 aliphatic rings. The van der Waals surface area contributed by atoms with Crippen molar-refractivity contribution in [1.82, 2.24) is 14.8 Å². The third kappa shape index (κ3) is 3.14. The number of hydrogen-bond donors (Lipinski definition) is 1. The monoisotopic (exact) mass is 444 g/mol. The Bertz CT molecular complexity index is 1180. The van der Waals surface area contributed by atoms with Crippen molar-refractivity contribution in [2.75, 3.05) is 5.32 Å². The van der Waals surface area contributed by atoms with Gasteiger partial charge in [0, 0.05) is 38.9 Å². The lowest BCUT2D eigenvalue weighted by Gasteiger charge is -2.32. The number of hydrogen-bond acceptors (Lipinski definition) is 4. The fourth-order valence-corrected chi connectivity index (χ4v) is 4.66. The molecule has 1 aromatic heterocycles. The first kappa shape index (κ1) is 18.7. The topological polar surface area (TPSA) is 59.8 Å². The van der Waals surface area contributed by atoms with E-state index in [1.165, 1.54) is 0 Å². The number of anilines is 1. The van der Waals surface area contributed by atoms with Gasteiger partial charge in [-0.25, -0.2) is 4.68 Å². The number of carbonyl (C=O) groups excluding carboxylic acids is 1. The van der Waals surface area contributed by atoms with Gasteiger partial charge in [-0.05, 0) is 37.1 Å². The molecule has 0 saturated carbocycles. The summed E-state index contributed by atoms with van der Waals surface area (Å²) in [6.07, 6.45) is 2.11. The SMILES string of the molecule is O=C1CCCC2=C1C(c1ccccc1Cl)n1nc(-c3ccc(Cl)cc3Cl)nc1N2. The van der Waals surface area contributed by atoms with Gasteiger partial charge in [-0.2, -0.15) is 4.98 Å². The second-order valence-electron chi connectivity index (χ2n) is 7.05. The molecule has 146 valence electrons. The van der Waals surface area contributed by atoms with E-state index >= 15 is 0 Å². The van der Waals surface area contributed by atoms with Gasteiger partial charge >= 0.3 is 0 Å². The highest BCUT2D eigenvalue weighted by atomic mass is 35.5. The third-order valence-corrected chi connectivity index (χ3v) is 6.13. The summed E-state index contributed by atoms with van der Waals surface area (Å²) in [6.45, 7) is 0. The van der Waals surface area contributed by atoms with Gasteiger partial charge in [-0.1, -0.05) is 53.0 Å². The molecule has 8 heteroatoms. The lowest BCUT2D eigenvalue weighted by Crippen LogP contribution is -2.31. The smallest absolute Gasteiger partial charge is 0.226 e. The maximum Gasteiger partial charge on any atom is 0.226 e. The predicted octanol–water partition coefficient (Wildman–Crippen LogP) is 5.93. The van der Waals surface area contributed by atoms with Crippen LogP contribution in [0.25, 0.3) is 11.4 Å². The number of benzene rings is 2. The van der Waals surface area contributed by atoms with E-state index in [2.05, 4.69) is 10.3 Å². The summed E-state index contributed by atoms with van der Waals surface area (Å²) in [7, 11) is 0. The molecule has 2 heterocycles. The number of Topliss-reactive ketones (excluding diaryl/α,β-unsaturated/α-hetero) is 1. The highest BCUT2D eigenvalue weighted by Crippen LogP contribution is 2.42. The normalized spacial score (nSPS) is 18.3. The highest BCUT2D eigenvalue weighted by molar-refractivity contribution is 6.36. The van der Waals surface area contributed by atoms with Gasteiger partial charge in [0.15, 0.2) is 11.6 Å². The van der Waals surface area contributed by atoms with Crippen LogP contribution in [0.15, 0.2) is 53.7 Å². The fraction of sp³-hybridized carbons (Fsp3) is 0.190. The summed E-state index contributed by atoms with van der Waals surface area (Å²) in [4.78, 5) is 17.5.